The molecule has 1 aromatic carbocycles. The molecule has 0 bridgehead atoms. The maximum Gasteiger partial charge on any atom is 0.416 e. The first-order chi connectivity index (χ1) is 12.4. The minimum absolute atomic E-state index is 0.0680. The molecule has 0 aliphatic heterocycles. The summed E-state index contributed by atoms with van der Waals surface area (Å²) in [5.41, 5.74) is 2.86. The van der Waals surface area contributed by atoms with Crippen molar-refractivity contribution in [3.05, 3.63) is 34.9 Å². The summed E-state index contributed by atoms with van der Waals surface area (Å²) in [7, 11) is 0. The van der Waals surface area contributed by atoms with Crippen LogP contribution >= 0.6 is 0 Å². The lowest BCUT2D eigenvalue weighted by Gasteiger charge is -2.19. The Labute approximate surface area is 153 Å². The maximum absolute atomic E-state index is 12.9. The summed E-state index contributed by atoms with van der Waals surface area (Å²) < 4.78 is 77.3. The van der Waals surface area contributed by atoms with Crippen LogP contribution in [0.5, 0.6) is 0 Å². The number of amides is 1. The average Bonchev–Trinajstić information content (AvgIpc) is 2.92. The molecule has 2 rings (SSSR count). The molecule has 1 aliphatic rings. The predicted molar refractivity (Wildman–Crippen MR) is 87.4 cm³/mol. The van der Waals surface area contributed by atoms with Gasteiger partial charge in [-0.05, 0) is 48.9 Å². The number of alkyl halides is 6. The van der Waals surface area contributed by atoms with E-state index in [4.69, 9.17) is 5.73 Å². The van der Waals surface area contributed by atoms with Crippen LogP contribution in [-0.4, -0.2) is 11.9 Å². The van der Waals surface area contributed by atoms with E-state index >= 15 is 0 Å². The van der Waals surface area contributed by atoms with Gasteiger partial charge in [-0.3, -0.25) is 4.79 Å². The minimum atomic E-state index is -4.91. The zero-order valence-corrected chi connectivity index (χ0v) is 14.8. The Balaban J connectivity index is 2.16. The fourth-order valence-corrected chi connectivity index (χ4v) is 3.62. The Bertz CT molecular complexity index is 639. The number of hydrogen-bond donors (Lipinski definition) is 2. The van der Waals surface area contributed by atoms with Gasteiger partial charge >= 0.3 is 12.4 Å². The quantitative estimate of drug-likeness (QED) is 0.721. The molecule has 152 valence electrons. The summed E-state index contributed by atoms with van der Waals surface area (Å²) in [6.07, 6.45) is -7.01. The molecule has 1 fully saturated rings. The van der Waals surface area contributed by atoms with Crippen molar-refractivity contribution in [2.24, 2.45) is 17.6 Å². The number of hydrogen-bond acceptors (Lipinski definition) is 2. The van der Waals surface area contributed by atoms with Crippen molar-refractivity contribution in [3.8, 4) is 0 Å². The normalized spacial score (nSPS) is 23.5. The second-order valence-electron chi connectivity index (χ2n) is 7.02. The predicted octanol–water partition coefficient (Wildman–Crippen LogP) is 4.49. The van der Waals surface area contributed by atoms with Gasteiger partial charge in [0, 0.05) is 18.5 Å². The molecule has 0 radical (unpaired) electrons. The maximum atomic E-state index is 12.9. The molecule has 1 aliphatic carbocycles. The summed E-state index contributed by atoms with van der Waals surface area (Å²) in [6.45, 7) is 1.57. The number of nitrogens with two attached hydrogens (primary N) is 1. The van der Waals surface area contributed by atoms with Gasteiger partial charge in [0.15, 0.2) is 0 Å². The number of rotatable bonds is 5. The molecular weight excluding hydrogens is 374 g/mol. The van der Waals surface area contributed by atoms with E-state index in [0.29, 0.717) is 25.0 Å². The molecule has 1 amide bonds. The molecule has 27 heavy (non-hydrogen) atoms. The van der Waals surface area contributed by atoms with Crippen LogP contribution in [0.2, 0.25) is 0 Å². The fraction of sp³-hybridized carbons (Fsp3) is 0.611. The Morgan fingerprint density at radius 3 is 2.11 bits per heavy atom. The number of carbonyl (C=O) groups is 1. The number of benzene rings is 1. The first kappa shape index (κ1) is 21.5. The zero-order chi connectivity index (χ0) is 20.4. The number of nitrogens with one attached hydrogen (secondary N) is 1. The first-order valence-corrected chi connectivity index (χ1v) is 8.73. The SMILES string of the molecule is CCCC1C[C@@H](N)C[C@H]1C(=O)NCc1cc(C(F)(F)F)cc(C(F)(F)F)c1. The van der Waals surface area contributed by atoms with Crippen molar-refractivity contribution >= 4 is 5.91 Å². The first-order valence-electron chi connectivity index (χ1n) is 8.73. The van der Waals surface area contributed by atoms with Crippen LogP contribution in [-0.2, 0) is 23.7 Å². The smallest absolute Gasteiger partial charge is 0.352 e. The van der Waals surface area contributed by atoms with Crippen molar-refractivity contribution in [1.29, 1.82) is 0 Å². The van der Waals surface area contributed by atoms with E-state index < -0.39 is 30.0 Å². The summed E-state index contributed by atoms with van der Waals surface area (Å²) in [4.78, 5) is 12.4. The molecule has 0 saturated heterocycles. The third-order valence-corrected chi connectivity index (χ3v) is 4.84. The van der Waals surface area contributed by atoms with E-state index in [2.05, 4.69) is 5.32 Å². The highest BCUT2D eigenvalue weighted by atomic mass is 19.4. The summed E-state index contributed by atoms with van der Waals surface area (Å²) in [5.74, 6) is -0.669. The van der Waals surface area contributed by atoms with Crippen molar-refractivity contribution in [2.45, 2.75) is 57.5 Å². The molecule has 9 heteroatoms. The van der Waals surface area contributed by atoms with Gasteiger partial charge in [0.05, 0.1) is 11.1 Å². The molecule has 1 aromatic rings. The standard InChI is InChI=1S/C18H22F6N2O/c1-2-3-11-6-14(25)8-15(11)16(27)26-9-10-4-12(17(19,20)21)7-13(5-10)18(22,23)24/h4-5,7,11,14-15H,2-3,6,8-9,25H2,1H3,(H,26,27)/t11?,14-,15-/m1/s1. The molecule has 0 heterocycles. The Morgan fingerprint density at radius 2 is 1.63 bits per heavy atom. The lowest BCUT2D eigenvalue weighted by molar-refractivity contribution is -0.143. The largest absolute Gasteiger partial charge is 0.416 e. The third kappa shape index (κ3) is 5.60. The lowest BCUT2D eigenvalue weighted by Crippen LogP contribution is -2.32. The Morgan fingerprint density at radius 1 is 1.07 bits per heavy atom. The van der Waals surface area contributed by atoms with Crippen LogP contribution in [0.1, 0.15) is 49.3 Å². The zero-order valence-electron chi connectivity index (χ0n) is 14.8. The summed E-state index contributed by atoms with van der Waals surface area (Å²) in [5, 5.41) is 2.48. The Kier molecular flexibility index (Phi) is 6.44. The monoisotopic (exact) mass is 396 g/mol. The van der Waals surface area contributed by atoms with Crippen molar-refractivity contribution in [2.75, 3.05) is 0 Å². The van der Waals surface area contributed by atoms with Crippen molar-refractivity contribution in [1.82, 2.24) is 5.32 Å². The van der Waals surface area contributed by atoms with E-state index in [1.54, 1.807) is 0 Å². The van der Waals surface area contributed by atoms with Gasteiger partial charge in [-0.25, -0.2) is 0 Å². The van der Waals surface area contributed by atoms with Crippen LogP contribution in [0.15, 0.2) is 18.2 Å². The van der Waals surface area contributed by atoms with Crippen LogP contribution < -0.4 is 11.1 Å². The molecule has 0 aromatic heterocycles. The molecule has 3 nitrogen and oxygen atoms in total. The van der Waals surface area contributed by atoms with Gasteiger partial charge in [0.2, 0.25) is 5.91 Å². The van der Waals surface area contributed by atoms with Gasteiger partial charge in [-0.1, -0.05) is 13.3 Å². The van der Waals surface area contributed by atoms with E-state index in [1.165, 1.54) is 0 Å². The van der Waals surface area contributed by atoms with Crippen LogP contribution in [0.4, 0.5) is 26.3 Å². The molecule has 0 spiro atoms. The van der Waals surface area contributed by atoms with Crippen LogP contribution in [0.25, 0.3) is 0 Å². The topological polar surface area (TPSA) is 55.1 Å². The van der Waals surface area contributed by atoms with Crippen LogP contribution in [0.3, 0.4) is 0 Å². The third-order valence-electron chi connectivity index (χ3n) is 4.84. The number of halogens is 6. The molecule has 3 N–H and O–H groups in total. The summed E-state index contributed by atoms with van der Waals surface area (Å²) >= 11 is 0. The number of carbonyl (C=O) groups excluding carboxylic acids is 1. The van der Waals surface area contributed by atoms with E-state index in [0.717, 1.165) is 12.8 Å². The second-order valence-corrected chi connectivity index (χ2v) is 7.02. The van der Waals surface area contributed by atoms with E-state index in [9.17, 15) is 31.1 Å². The van der Waals surface area contributed by atoms with Gasteiger partial charge in [-0.15, -0.1) is 0 Å². The van der Waals surface area contributed by atoms with Crippen molar-refractivity contribution in [3.63, 3.8) is 0 Å². The highest BCUT2D eigenvalue weighted by Gasteiger charge is 2.38. The van der Waals surface area contributed by atoms with Gasteiger partial charge < -0.3 is 11.1 Å². The molecule has 3 atom stereocenters. The van der Waals surface area contributed by atoms with E-state index in [1.807, 2.05) is 6.92 Å². The minimum Gasteiger partial charge on any atom is -0.352 e. The van der Waals surface area contributed by atoms with Gasteiger partial charge in [0.1, 0.15) is 0 Å². The summed E-state index contributed by atoms with van der Waals surface area (Å²) in [6, 6.07) is 1.19. The molecule has 1 unspecified atom stereocenters. The van der Waals surface area contributed by atoms with E-state index in [-0.39, 0.29) is 35.4 Å². The lowest BCUT2D eigenvalue weighted by atomic mass is 9.91. The Hall–Kier alpha value is -1.77. The average molecular weight is 396 g/mol. The van der Waals surface area contributed by atoms with Crippen molar-refractivity contribution < 1.29 is 31.1 Å². The van der Waals surface area contributed by atoms with Crippen LogP contribution in [0, 0.1) is 11.8 Å². The highest BCUT2D eigenvalue weighted by molar-refractivity contribution is 5.79. The van der Waals surface area contributed by atoms with Gasteiger partial charge in [0.25, 0.3) is 0 Å². The second kappa shape index (κ2) is 8.08. The highest BCUT2D eigenvalue weighted by Crippen LogP contribution is 2.37. The fourth-order valence-electron chi connectivity index (χ4n) is 3.62. The molecule has 1 saturated carbocycles. The molecular formula is C18H22F6N2O. The van der Waals surface area contributed by atoms with Gasteiger partial charge in [-0.2, -0.15) is 26.3 Å².